The maximum atomic E-state index is 10.3. The summed E-state index contributed by atoms with van der Waals surface area (Å²) in [5.74, 6) is 0.285. The molecule has 0 aromatic carbocycles. The summed E-state index contributed by atoms with van der Waals surface area (Å²) in [6.45, 7) is 1.91. The van der Waals surface area contributed by atoms with Crippen LogP contribution in [0.15, 0.2) is 0 Å². The highest BCUT2D eigenvalue weighted by molar-refractivity contribution is 8.76. The lowest BCUT2D eigenvalue weighted by atomic mass is 10.4. The van der Waals surface area contributed by atoms with Crippen molar-refractivity contribution in [1.82, 2.24) is 0 Å². The van der Waals surface area contributed by atoms with Gasteiger partial charge in [-0.3, -0.25) is 4.79 Å². The van der Waals surface area contributed by atoms with Crippen molar-refractivity contribution >= 4 is 27.6 Å². The third-order valence-corrected chi connectivity index (χ3v) is 3.62. The van der Waals surface area contributed by atoms with E-state index in [1.807, 2.05) is 6.92 Å². The molecule has 0 saturated heterocycles. The summed E-state index contributed by atoms with van der Waals surface area (Å²) in [7, 11) is 3.00. The van der Waals surface area contributed by atoms with Gasteiger partial charge in [-0.05, 0) is 6.92 Å². The van der Waals surface area contributed by atoms with Crippen LogP contribution in [0.2, 0.25) is 0 Å². The third kappa shape index (κ3) is 6.78. The molecule has 4 nitrogen and oxygen atoms in total. The normalized spacial score (nSPS) is 15.6. The van der Waals surface area contributed by atoms with E-state index in [2.05, 4.69) is 0 Å². The molecule has 0 saturated carbocycles. The van der Waals surface area contributed by atoms with Crippen LogP contribution in [-0.2, 0) is 4.79 Å². The molecule has 0 aromatic heterocycles. The van der Waals surface area contributed by atoms with E-state index in [-0.39, 0.29) is 6.04 Å². The molecule has 0 aromatic rings. The first kappa shape index (κ1) is 12.1. The van der Waals surface area contributed by atoms with Gasteiger partial charge in [0.15, 0.2) is 0 Å². The minimum atomic E-state index is -0.955. The molecule has 0 radical (unpaired) electrons. The average molecular weight is 210 g/mol. The van der Waals surface area contributed by atoms with Crippen LogP contribution < -0.4 is 11.5 Å². The number of carbonyl (C=O) groups is 1. The fraction of sp³-hybridized carbons (Fsp3) is 0.833. The van der Waals surface area contributed by atoms with Crippen LogP contribution >= 0.6 is 21.6 Å². The second-order valence-electron chi connectivity index (χ2n) is 2.49. The quantitative estimate of drug-likeness (QED) is 0.426. The highest BCUT2D eigenvalue weighted by atomic mass is 33.1. The number of hydrogen-bond acceptors (Lipinski definition) is 5. The number of nitrogens with two attached hydrogens (primary N) is 2. The van der Waals surface area contributed by atoms with Crippen molar-refractivity contribution in [2.45, 2.75) is 19.0 Å². The Morgan fingerprint density at radius 1 is 1.42 bits per heavy atom. The predicted molar refractivity (Wildman–Crippen MR) is 54.2 cm³/mol. The Balaban J connectivity index is 3.25. The van der Waals surface area contributed by atoms with E-state index in [0.717, 1.165) is 5.75 Å². The summed E-state index contributed by atoms with van der Waals surface area (Å²) in [6.07, 6.45) is 0. The zero-order chi connectivity index (χ0) is 9.56. The zero-order valence-electron chi connectivity index (χ0n) is 6.90. The van der Waals surface area contributed by atoms with Gasteiger partial charge >= 0.3 is 5.97 Å². The van der Waals surface area contributed by atoms with E-state index in [4.69, 9.17) is 16.6 Å². The van der Waals surface area contributed by atoms with Crippen LogP contribution in [-0.4, -0.2) is 34.7 Å². The van der Waals surface area contributed by atoms with Gasteiger partial charge in [-0.15, -0.1) is 0 Å². The van der Waals surface area contributed by atoms with Crippen LogP contribution in [0, 0.1) is 0 Å². The second-order valence-corrected chi connectivity index (χ2v) is 5.04. The molecule has 0 amide bonds. The van der Waals surface area contributed by atoms with E-state index in [9.17, 15) is 4.79 Å². The van der Waals surface area contributed by atoms with E-state index in [0.29, 0.717) is 5.75 Å². The molecule has 2 unspecified atom stereocenters. The molecule has 2 atom stereocenters. The van der Waals surface area contributed by atoms with Crippen molar-refractivity contribution in [3.05, 3.63) is 0 Å². The Kier molecular flexibility index (Phi) is 6.64. The molecule has 6 heteroatoms. The molecule has 5 N–H and O–H groups in total. The van der Waals surface area contributed by atoms with Gasteiger partial charge in [-0.25, -0.2) is 0 Å². The van der Waals surface area contributed by atoms with Crippen LogP contribution in [0.4, 0.5) is 0 Å². The standard InChI is InChI=1S/C6H14N2O2S2/c1-4(7)2-11-12-3-5(8)6(9)10/h4-5H,2-3,7-8H2,1H3,(H,9,10). The van der Waals surface area contributed by atoms with E-state index >= 15 is 0 Å². The molecule has 0 heterocycles. The van der Waals surface area contributed by atoms with Crippen molar-refractivity contribution in [2.24, 2.45) is 11.5 Å². The highest BCUT2D eigenvalue weighted by Crippen LogP contribution is 2.21. The molecule has 0 fully saturated rings. The first-order chi connectivity index (χ1) is 5.54. The summed E-state index contributed by atoms with van der Waals surface area (Å²) in [5.41, 5.74) is 10.8. The lowest BCUT2D eigenvalue weighted by Gasteiger charge is -2.06. The van der Waals surface area contributed by atoms with Gasteiger partial charge < -0.3 is 16.6 Å². The van der Waals surface area contributed by atoms with Crippen molar-refractivity contribution < 1.29 is 9.90 Å². The average Bonchev–Trinajstić information content (AvgIpc) is 1.97. The smallest absolute Gasteiger partial charge is 0.321 e. The third-order valence-electron chi connectivity index (χ3n) is 0.979. The number of carboxylic acids is 1. The molecular formula is C6H14N2O2S2. The first-order valence-corrected chi connectivity index (χ1v) is 6.01. The van der Waals surface area contributed by atoms with Gasteiger partial charge in [0, 0.05) is 17.5 Å². The lowest BCUT2D eigenvalue weighted by molar-refractivity contribution is -0.137. The van der Waals surface area contributed by atoms with E-state index < -0.39 is 12.0 Å². The summed E-state index contributed by atoms with van der Waals surface area (Å²) < 4.78 is 0. The lowest BCUT2D eigenvalue weighted by Crippen LogP contribution is -2.32. The van der Waals surface area contributed by atoms with E-state index in [1.54, 1.807) is 10.8 Å². The molecule has 0 aliphatic carbocycles. The Bertz CT molecular complexity index is 144. The summed E-state index contributed by atoms with van der Waals surface area (Å²) in [6, 6.07) is -0.626. The fourth-order valence-electron chi connectivity index (χ4n) is 0.348. The van der Waals surface area contributed by atoms with Crippen LogP contribution in [0.1, 0.15) is 6.92 Å². The van der Waals surface area contributed by atoms with Crippen LogP contribution in [0.3, 0.4) is 0 Å². The number of aliphatic carboxylic acids is 1. The SMILES string of the molecule is CC(N)CSSCC(N)C(=O)O. The molecule has 0 rings (SSSR count). The topological polar surface area (TPSA) is 89.3 Å². The molecule has 0 bridgehead atoms. The number of hydrogen-bond donors (Lipinski definition) is 3. The van der Waals surface area contributed by atoms with Crippen molar-refractivity contribution in [1.29, 1.82) is 0 Å². The Morgan fingerprint density at radius 3 is 2.33 bits per heavy atom. The minimum absolute atomic E-state index is 0.142. The van der Waals surface area contributed by atoms with Crippen molar-refractivity contribution in [2.75, 3.05) is 11.5 Å². The Hall–Kier alpha value is 0.0900. The summed E-state index contributed by atoms with van der Waals surface area (Å²) in [4.78, 5) is 10.3. The number of rotatable bonds is 6. The van der Waals surface area contributed by atoms with Gasteiger partial charge in [0.1, 0.15) is 6.04 Å². The van der Waals surface area contributed by atoms with Crippen molar-refractivity contribution in [3.63, 3.8) is 0 Å². The molecule has 72 valence electrons. The molecule has 0 spiro atoms. The van der Waals surface area contributed by atoms with E-state index in [1.165, 1.54) is 10.8 Å². The monoisotopic (exact) mass is 210 g/mol. The van der Waals surface area contributed by atoms with Gasteiger partial charge in [-0.1, -0.05) is 21.6 Å². The fourth-order valence-corrected chi connectivity index (χ4v) is 2.71. The maximum Gasteiger partial charge on any atom is 0.321 e. The van der Waals surface area contributed by atoms with Gasteiger partial charge in [0.25, 0.3) is 0 Å². The van der Waals surface area contributed by atoms with Crippen molar-refractivity contribution in [3.8, 4) is 0 Å². The van der Waals surface area contributed by atoms with Gasteiger partial charge in [0.05, 0.1) is 0 Å². The predicted octanol–water partition coefficient (Wildman–Crippen LogP) is 0.127. The first-order valence-electron chi connectivity index (χ1n) is 3.52. The largest absolute Gasteiger partial charge is 0.480 e. The molecule has 0 aliphatic rings. The van der Waals surface area contributed by atoms with Gasteiger partial charge in [0.2, 0.25) is 0 Å². The second kappa shape index (κ2) is 6.59. The maximum absolute atomic E-state index is 10.3. The highest BCUT2D eigenvalue weighted by Gasteiger charge is 2.10. The molecule has 0 aliphatic heterocycles. The number of carboxylic acid groups (broad SMARTS) is 1. The Labute approximate surface area is 79.8 Å². The van der Waals surface area contributed by atoms with Crippen LogP contribution in [0.5, 0.6) is 0 Å². The molecule has 12 heavy (non-hydrogen) atoms. The zero-order valence-corrected chi connectivity index (χ0v) is 8.53. The summed E-state index contributed by atoms with van der Waals surface area (Å²) >= 11 is 0. The van der Waals surface area contributed by atoms with Crippen LogP contribution in [0.25, 0.3) is 0 Å². The van der Waals surface area contributed by atoms with Gasteiger partial charge in [-0.2, -0.15) is 0 Å². The molecular weight excluding hydrogens is 196 g/mol. The summed E-state index contributed by atoms with van der Waals surface area (Å²) in [5, 5.41) is 8.42. The Morgan fingerprint density at radius 2 is 1.92 bits per heavy atom. The minimum Gasteiger partial charge on any atom is -0.480 e.